The van der Waals surface area contributed by atoms with E-state index in [1.807, 2.05) is 23.9 Å². The van der Waals surface area contributed by atoms with E-state index < -0.39 is 0 Å². The van der Waals surface area contributed by atoms with Crippen molar-refractivity contribution in [3.8, 4) is 0 Å². The molecule has 0 aliphatic heterocycles. The SMILES string of the molecule is C=C(CNCC)Cn1nccc1C. The highest BCUT2D eigenvalue weighted by atomic mass is 15.3. The average Bonchev–Trinajstić information content (AvgIpc) is 2.48. The lowest BCUT2D eigenvalue weighted by atomic mass is 10.3. The first-order chi connectivity index (χ1) is 6.24. The van der Waals surface area contributed by atoms with Crippen molar-refractivity contribution in [1.29, 1.82) is 0 Å². The van der Waals surface area contributed by atoms with Crippen molar-refractivity contribution in [1.82, 2.24) is 15.1 Å². The predicted octanol–water partition coefficient (Wildman–Crippen LogP) is 1.36. The molecule has 0 atom stereocenters. The molecule has 1 rings (SSSR count). The summed E-state index contributed by atoms with van der Waals surface area (Å²) in [7, 11) is 0. The number of rotatable bonds is 5. The normalized spacial score (nSPS) is 10.3. The lowest BCUT2D eigenvalue weighted by Gasteiger charge is -2.07. The van der Waals surface area contributed by atoms with Crippen LogP contribution in [-0.2, 0) is 6.54 Å². The standard InChI is InChI=1S/C10H17N3/c1-4-11-7-9(2)8-13-10(3)5-6-12-13/h5-6,11H,2,4,7-8H2,1,3H3. The molecule has 0 aromatic carbocycles. The highest BCUT2D eigenvalue weighted by Crippen LogP contribution is 1.99. The minimum atomic E-state index is 0.811. The summed E-state index contributed by atoms with van der Waals surface area (Å²) in [6.07, 6.45) is 1.82. The van der Waals surface area contributed by atoms with Crippen LogP contribution in [0.5, 0.6) is 0 Å². The molecule has 1 aromatic rings. The zero-order valence-corrected chi connectivity index (χ0v) is 8.38. The largest absolute Gasteiger partial charge is 0.313 e. The van der Waals surface area contributed by atoms with E-state index in [0.29, 0.717) is 0 Å². The fourth-order valence-electron chi connectivity index (χ4n) is 1.13. The Morgan fingerprint density at radius 3 is 3.00 bits per heavy atom. The number of aromatic nitrogens is 2. The smallest absolute Gasteiger partial charge is 0.0632 e. The molecule has 72 valence electrons. The second-order valence-electron chi connectivity index (χ2n) is 3.16. The molecular weight excluding hydrogens is 162 g/mol. The van der Waals surface area contributed by atoms with Crippen molar-refractivity contribution in [3.63, 3.8) is 0 Å². The molecule has 0 aliphatic rings. The third-order valence-corrected chi connectivity index (χ3v) is 1.93. The number of hydrogen-bond donors (Lipinski definition) is 1. The minimum Gasteiger partial charge on any atom is -0.313 e. The third kappa shape index (κ3) is 3.03. The second-order valence-corrected chi connectivity index (χ2v) is 3.16. The van der Waals surface area contributed by atoms with Gasteiger partial charge < -0.3 is 5.32 Å². The van der Waals surface area contributed by atoms with Gasteiger partial charge in [0.1, 0.15) is 0 Å². The zero-order valence-electron chi connectivity index (χ0n) is 8.38. The molecule has 0 aliphatic carbocycles. The van der Waals surface area contributed by atoms with Crippen LogP contribution in [0.2, 0.25) is 0 Å². The summed E-state index contributed by atoms with van der Waals surface area (Å²) in [5, 5.41) is 7.43. The Balaban J connectivity index is 2.41. The zero-order chi connectivity index (χ0) is 9.68. The molecule has 0 saturated carbocycles. The predicted molar refractivity (Wildman–Crippen MR) is 54.6 cm³/mol. The number of hydrogen-bond acceptors (Lipinski definition) is 2. The third-order valence-electron chi connectivity index (χ3n) is 1.93. The Morgan fingerprint density at radius 1 is 1.69 bits per heavy atom. The van der Waals surface area contributed by atoms with E-state index in [9.17, 15) is 0 Å². The van der Waals surface area contributed by atoms with Crippen molar-refractivity contribution in [3.05, 3.63) is 30.1 Å². The molecule has 0 unspecified atom stereocenters. The lowest BCUT2D eigenvalue weighted by Crippen LogP contribution is -2.18. The summed E-state index contributed by atoms with van der Waals surface area (Å²) >= 11 is 0. The maximum absolute atomic E-state index is 4.19. The van der Waals surface area contributed by atoms with Gasteiger partial charge in [-0.3, -0.25) is 4.68 Å². The van der Waals surface area contributed by atoms with Crippen LogP contribution in [-0.4, -0.2) is 22.9 Å². The fourth-order valence-corrected chi connectivity index (χ4v) is 1.13. The highest BCUT2D eigenvalue weighted by molar-refractivity contribution is 5.03. The van der Waals surface area contributed by atoms with E-state index in [-0.39, 0.29) is 0 Å². The summed E-state index contributed by atoms with van der Waals surface area (Å²) in [5.41, 5.74) is 2.34. The van der Waals surface area contributed by atoms with Gasteiger partial charge in [0.05, 0.1) is 6.54 Å². The number of nitrogens with one attached hydrogen (secondary N) is 1. The van der Waals surface area contributed by atoms with Crippen molar-refractivity contribution < 1.29 is 0 Å². The fraction of sp³-hybridized carbons (Fsp3) is 0.500. The molecule has 3 heteroatoms. The van der Waals surface area contributed by atoms with Crippen molar-refractivity contribution >= 4 is 0 Å². The molecular formula is C10H17N3. The van der Waals surface area contributed by atoms with Gasteiger partial charge in [-0.25, -0.2) is 0 Å². The van der Waals surface area contributed by atoms with E-state index in [0.717, 1.165) is 25.2 Å². The van der Waals surface area contributed by atoms with E-state index in [4.69, 9.17) is 0 Å². The summed E-state index contributed by atoms with van der Waals surface area (Å²) in [6.45, 7) is 10.8. The Bertz CT molecular complexity index is 275. The summed E-state index contributed by atoms with van der Waals surface area (Å²) in [5.74, 6) is 0. The first-order valence-corrected chi connectivity index (χ1v) is 4.59. The van der Waals surface area contributed by atoms with Gasteiger partial charge in [-0.05, 0) is 25.1 Å². The van der Waals surface area contributed by atoms with Crippen LogP contribution in [0.1, 0.15) is 12.6 Å². The second kappa shape index (κ2) is 4.82. The molecule has 0 saturated heterocycles. The lowest BCUT2D eigenvalue weighted by molar-refractivity contribution is 0.630. The topological polar surface area (TPSA) is 29.9 Å². The van der Waals surface area contributed by atoms with Crippen LogP contribution in [0.4, 0.5) is 0 Å². The van der Waals surface area contributed by atoms with Crippen LogP contribution in [0.3, 0.4) is 0 Å². The van der Waals surface area contributed by atoms with Crippen molar-refractivity contribution in [2.24, 2.45) is 0 Å². The van der Waals surface area contributed by atoms with E-state index in [2.05, 4.69) is 23.9 Å². The van der Waals surface area contributed by atoms with E-state index in [1.54, 1.807) is 0 Å². The molecule has 0 bridgehead atoms. The molecule has 0 radical (unpaired) electrons. The average molecular weight is 179 g/mol. The van der Waals surface area contributed by atoms with Crippen LogP contribution >= 0.6 is 0 Å². The molecule has 1 N–H and O–H groups in total. The van der Waals surface area contributed by atoms with E-state index >= 15 is 0 Å². The van der Waals surface area contributed by atoms with Crippen molar-refractivity contribution in [2.45, 2.75) is 20.4 Å². The van der Waals surface area contributed by atoms with Crippen molar-refractivity contribution in [2.75, 3.05) is 13.1 Å². The summed E-state index contributed by atoms with van der Waals surface area (Å²) in [6, 6.07) is 2.00. The molecule has 1 heterocycles. The quantitative estimate of drug-likeness (QED) is 0.692. The van der Waals surface area contributed by atoms with Gasteiger partial charge in [-0.15, -0.1) is 0 Å². The van der Waals surface area contributed by atoms with Crippen LogP contribution in [0.15, 0.2) is 24.4 Å². The van der Waals surface area contributed by atoms with Gasteiger partial charge in [-0.1, -0.05) is 13.5 Å². The first-order valence-electron chi connectivity index (χ1n) is 4.59. The highest BCUT2D eigenvalue weighted by Gasteiger charge is 1.98. The molecule has 0 amide bonds. The van der Waals surface area contributed by atoms with Gasteiger partial charge in [0.25, 0.3) is 0 Å². The maximum Gasteiger partial charge on any atom is 0.0632 e. The maximum atomic E-state index is 4.19. The number of nitrogens with zero attached hydrogens (tertiary/aromatic N) is 2. The van der Waals surface area contributed by atoms with Gasteiger partial charge >= 0.3 is 0 Å². The van der Waals surface area contributed by atoms with Crippen LogP contribution in [0, 0.1) is 6.92 Å². The van der Waals surface area contributed by atoms with E-state index in [1.165, 1.54) is 5.69 Å². The van der Waals surface area contributed by atoms with Gasteiger partial charge in [0.15, 0.2) is 0 Å². The van der Waals surface area contributed by atoms with Gasteiger partial charge in [-0.2, -0.15) is 5.10 Å². The number of likely N-dealkylation sites (N-methyl/N-ethyl adjacent to an activating group) is 1. The molecule has 1 aromatic heterocycles. The monoisotopic (exact) mass is 179 g/mol. The Kier molecular flexibility index (Phi) is 3.71. The Morgan fingerprint density at radius 2 is 2.46 bits per heavy atom. The molecule has 0 fully saturated rings. The van der Waals surface area contributed by atoms with Crippen LogP contribution < -0.4 is 5.32 Å². The Hall–Kier alpha value is -1.09. The Labute approximate surface area is 79.5 Å². The molecule has 3 nitrogen and oxygen atoms in total. The summed E-state index contributed by atoms with van der Waals surface area (Å²) in [4.78, 5) is 0. The van der Waals surface area contributed by atoms with Gasteiger partial charge in [0, 0.05) is 18.4 Å². The summed E-state index contributed by atoms with van der Waals surface area (Å²) < 4.78 is 1.96. The molecule has 0 spiro atoms. The van der Waals surface area contributed by atoms with Gasteiger partial charge in [0.2, 0.25) is 0 Å². The minimum absolute atomic E-state index is 0.811. The first kappa shape index (κ1) is 9.99. The number of aryl methyl sites for hydroxylation is 1. The molecule has 13 heavy (non-hydrogen) atoms. The van der Waals surface area contributed by atoms with Crippen LogP contribution in [0.25, 0.3) is 0 Å².